The fraction of sp³-hybridized carbons (Fsp3) is 0.286. The Balaban J connectivity index is 1.60. The lowest BCUT2D eigenvalue weighted by Crippen LogP contribution is -2.50. The molecule has 0 saturated carbocycles. The van der Waals surface area contributed by atoms with E-state index in [0.717, 1.165) is 11.1 Å². The van der Waals surface area contributed by atoms with Crippen LogP contribution in [0.25, 0.3) is 0 Å². The van der Waals surface area contributed by atoms with Gasteiger partial charge in [0.05, 0.1) is 25.6 Å². The SMILES string of the molecule is COCCNC(=O)c1ccc(CN2C(=O)C[C@@H](c3ccccc3)NC2=O)cc1. The summed E-state index contributed by atoms with van der Waals surface area (Å²) in [7, 11) is 1.57. The third-order valence-electron chi connectivity index (χ3n) is 4.57. The molecular formula is C21H23N3O4. The molecule has 146 valence electrons. The Morgan fingerprint density at radius 3 is 2.50 bits per heavy atom. The number of nitrogens with zero attached hydrogens (tertiary/aromatic N) is 1. The average molecular weight is 381 g/mol. The van der Waals surface area contributed by atoms with Crippen LogP contribution in [0.5, 0.6) is 0 Å². The van der Waals surface area contributed by atoms with E-state index in [9.17, 15) is 14.4 Å². The molecule has 0 spiro atoms. The van der Waals surface area contributed by atoms with Crippen molar-refractivity contribution in [3.05, 3.63) is 71.3 Å². The van der Waals surface area contributed by atoms with E-state index in [-0.39, 0.29) is 30.8 Å². The molecule has 0 aromatic heterocycles. The maximum absolute atomic E-state index is 12.5. The summed E-state index contributed by atoms with van der Waals surface area (Å²) in [5, 5.41) is 5.62. The van der Waals surface area contributed by atoms with Crippen LogP contribution in [0.3, 0.4) is 0 Å². The van der Waals surface area contributed by atoms with Gasteiger partial charge in [0.1, 0.15) is 0 Å². The number of ether oxygens (including phenoxy) is 1. The van der Waals surface area contributed by atoms with Gasteiger partial charge in [-0.05, 0) is 23.3 Å². The van der Waals surface area contributed by atoms with Crippen LogP contribution in [0.1, 0.15) is 33.9 Å². The molecule has 1 heterocycles. The average Bonchev–Trinajstić information content (AvgIpc) is 2.72. The highest BCUT2D eigenvalue weighted by molar-refractivity contribution is 5.97. The van der Waals surface area contributed by atoms with E-state index in [0.29, 0.717) is 18.7 Å². The minimum absolute atomic E-state index is 0.164. The van der Waals surface area contributed by atoms with Crippen molar-refractivity contribution >= 4 is 17.8 Å². The van der Waals surface area contributed by atoms with Gasteiger partial charge in [0, 0.05) is 19.2 Å². The molecule has 1 saturated heterocycles. The molecule has 2 N–H and O–H groups in total. The van der Waals surface area contributed by atoms with Crippen molar-refractivity contribution in [2.75, 3.05) is 20.3 Å². The zero-order chi connectivity index (χ0) is 19.9. The van der Waals surface area contributed by atoms with Crippen molar-refractivity contribution in [1.82, 2.24) is 15.5 Å². The molecule has 3 rings (SSSR count). The topological polar surface area (TPSA) is 87.7 Å². The standard InChI is InChI=1S/C21H23N3O4/c1-28-12-11-22-20(26)17-9-7-15(8-10-17)14-24-19(25)13-18(23-21(24)27)16-5-3-2-4-6-16/h2-10,18H,11-14H2,1H3,(H,22,26)(H,23,27)/t18-/m0/s1. The van der Waals surface area contributed by atoms with Gasteiger partial charge in [-0.15, -0.1) is 0 Å². The number of imide groups is 1. The molecule has 1 aliphatic rings. The summed E-state index contributed by atoms with van der Waals surface area (Å²) >= 11 is 0. The van der Waals surface area contributed by atoms with E-state index < -0.39 is 6.03 Å². The Morgan fingerprint density at radius 2 is 1.86 bits per heavy atom. The first-order valence-electron chi connectivity index (χ1n) is 9.10. The molecule has 1 atom stereocenters. The van der Waals surface area contributed by atoms with E-state index in [1.807, 2.05) is 30.3 Å². The molecule has 0 radical (unpaired) electrons. The Labute approximate surface area is 163 Å². The monoisotopic (exact) mass is 381 g/mol. The quantitative estimate of drug-likeness (QED) is 0.720. The first-order valence-corrected chi connectivity index (χ1v) is 9.10. The number of methoxy groups -OCH3 is 1. The zero-order valence-electron chi connectivity index (χ0n) is 15.7. The Morgan fingerprint density at radius 1 is 1.14 bits per heavy atom. The second kappa shape index (κ2) is 9.14. The van der Waals surface area contributed by atoms with Crippen LogP contribution in [0.4, 0.5) is 4.79 Å². The second-order valence-corrected chi connectivity index (χ2v) is 6.54. The molecule has 1 aliphatic heterocycles. The van der Waals surface area contributed by atoms with Crippen LogP contribution < -0.4 is 10.6 Å². The molecule has 0 unspecified atom stereocenters. The van der Waals surface area contributed by atoms with Crippen LogP contribution in [-0.4, -0.2) is 43.0 Å². The van der Waals surface area contributed by atoms with Gasteiger partial charge in [0.15, 0.2) is 0 Å². The number of hydrogen-bond acceptors (Lipinski definition) is 4. The molecular weight excluding hydrogens is 358 g/mol. The first-order chi connectivity index (χ1) is 13.6. The molecule has 7 nitrogen and oxygen atoms in total. The zero-order valence-corrected chi connectivity index (χ0v) is 15.7. The first kappa shape index (κ1) is 19.6. The predicted molar refractivity (Wildman–Crippen MR) is 104 cm³/mol. The van der Waals surface area contributed by atoms with E-state index in [4.69, 9.17) is 4.74 Å². The van der Waals surface area contributed by atoms with Crippen molar-refractivity contribution in [3.8, 4) is 0 Å². The van der Waals surface area contributed by atoms with Gasteiger partial charge >= 0.3 is 6.03 Å². The summed E-state index contributed by atoms with van der Waals surface area (Å²) in [6.07, 6.45) is 0.218. The maximum Gasteiger partial charge on any atom is 0.324 e. The van der Waals surface area contributed by atoms with Crippen LogP contribution >= 0.6 is 0 Å². The van der Waals surface area contributed by atoms with Gasteiger partial charge in [0.2, 0.25) is 5.91 Å². The fourth-order valence-electron chi connectivity index (χ4n) is 3.04. The van der Waals surface area contributed by atoms with Crippen LogP contribution in [0.2, 0.25) is 0 Å². The normalized spacial score (nSPS) is 16.6. The Hall–Kier alpha value is -3.19. The van der Waals surface area contributed by atoms with Gasteiger partial charge in [-0.2, -0.15) is 0 Å². The number of amides is 4. The lowest BCUT2D eigenvalue weighted by molar-refractivity contribution is -0.130. The van der Waals surface area contributed by atoms with Gasteiger partial charge in [-0.25, -0.2) is 4.79 Å². The third-order valence-corrected chi connectivity index (χ3v) is 4.57. The van der Waals surface area contributed by atoms with Gasteiger partial charge in [-0.1, -0.05) is 42.5 Å². The summed E-state index contributed by atoms with van der Waals surface area (Å²) in [6.45, 7) is 1.04. The van der Waals surface area contributed by atoms with Crippen LogP contribution in [-0.2, 0) is 16.1 Å². The van der Waals surface area contributed by atoms with Gasteiger partial charge < -0.3 is 15.4 Å². The highest BCUT2D eigenvalue weighted by Gasteiger charge is 2.32. The molecule has 7 heteroatoms. The molecule has 4 amide bonds. The van der Waals surface area contributed by atoms with Crippen LogP contribution in [0.15, 0.2) is 54.6 Å². The van der Waals surface area contributed by atoms with Crippen molar-refractivity contribution in [2.24, 2.45) is 0 Å². The largest absolute Gasteiger partial charge is 0.383 e. The highest BCUT2D eigenvalue weighted by atomic mass is 16.5. The summed E-state index contributed by atoms with van der Waals surface area (Å²) in [5.41, 5.74) is 2.20. The summed E-state index contributed by atoms with van der Waals surface area (Å²) in [6, 6.07) is 15.6. The van der Waals surface area contributed by atoms with Crippen molar-refractivity contribution < 1.29 is 19.1 Å². The van der Waals surface area contributed by atoms with Gasteiger partial charge in [0.25, 0.3) is 5.91 Å². The van der Waals surface area contributed by atoms with E-state index in [2.05, 4.69) is 10.6 Å². The number of carbonyl (C=O) groups excluding carboxylic acids is 3. The molecule has 0 aliphatic carbocycles. The number of rotatable bonds is 7. The Bertz CT molecular complexity index is 818. The van der Waals surface area contributed by atoms with E-state index in [1.165, 1.54) is 4.90 Å². The van der Waals surface area contributed by atoms with Crippen molar-refractivity contribution in [1.29, 1.82) is 0 Å². The smallest absolute Gasteiger partial charge is 0.324 e. The third kappa shape index (κ3) is 4.75. The van der Waals surface area contributed by atoms with E-state index >= 15 is 0 Å². The van der Waals surface area contributed by atoms with Crippen molar-refractivity contribution in [2.45, 2.75) is 19.0 Å². The van der Waals surface area contributed by atoms with Gasteiger partial charge in [-0.3, -0.25) is 14.5 Å². The molecule has 1 fully saturated rings. The molecule has 2 aromatic carbocycles. The minimum Gasteiger partial charge on any atom is -0.383 e. The lowest BCUT2D eigenvalue weighted by atomic mass is 10.0. The predicted octanol–water partition coefficient (Wildman–Crippen LogP) is 2.25. The molecule has 0 bridgehead atoms. The number of carbonyl (C=O) groups is 3. The molecule has 2 aromatic rings. The highest BCUT2D eigenvalue weighted by Crippen LogP contribution is 2.23. The summed E-state index contributed by atoms with van der Waals surface area (Å²) < 4.78 is 4.90. The number of urea groups is 1. The summed E-state index contributed by atoms with van der Waals surface area (Å²) in [5.74, 6) is -0.417. The molecule has 28 heavy (non-hydrogen) atoms. The minimum atomic E-state index is -0.411. The number of hydrogen-bond donors (Lipinski definition) is 2. The second-order valence-electron chi connectivity index (χ2n) is 6.54. The lowest BCUT2D eigenvalue weighted by Gasteiger charge is -2.31. The van der Waals surface area contributed by atoms with E-state index in [1.54, 1.807) is 31.4 Å². The Kier molecular flexibility index (Phi) is 6.39. The number of nitrogens with one attached hydrogen (secondary N) is 2. The van der Waals surface area contributed by atoms with Crippen molar-refractivity contribution in [3.63, 3.8) is 0 Å². The van der Waals surface area contributed by atoms with Crippen LogP contribution in [0, 0.1) is 0 Å². The number of benzene rings is 2. The maximum atomic E-state index is 12.5. The fourth-order valence-corrected chi connectivity index (χ4v) is 3.04. The summed E-state index contributed by atoms with van der Waals surface area (Å²) in [4.78, 5) is 38.1.